The van der Waals surface area contributed by atoms with Crippen molar-refractivity contribution in [1.82, 2.24) is 4.90 Å². The molecule has 1 rings (SSSR count). The van der Waals surface area contributed by atoms with Crippen molar-refractivity contribution in [2.45, 2.75) is 26.8 Å². The first-order chi connectivity index (χ1) is 9.79. The van der Waals surface area contributed by atoms with Gasteiger partial charge >= 0.3 is 5.97 Å². The van der Waals surface area contributed by atoms with Crippen LogP contribution in [0.3, 0.4) is 0 Å². The van der Waals surface area contributed by atoms with Crippen molar-refractivity contribution < 1.29 is 23.5 Å². The molecule has 0 saturated heterocycles. The summed E-state index contributed by atoms with van der Waals surface area (Å²) in [5.74, 6) is -3.36. The van der Waals surface area contributed by atoms with Crippen LogP contribution in [0.15, 0.2) is 29.8 Å². The molecule has 0 unspecified atom stereocenters. The van der Waals surface area contributed by atoms with E-state index in [0.717, 1.165) is 17.7 Å². The number of carboxylic acid groups (broad SMARTS) is 1. The molecule has 0 bridgehead atoms. The minimum absolute atomic E-state index is 0.00303. The van der Waals surface area contributed by atoms with Gasteiger partial charge in [0.05, 0.1) is 6.42 Å². The van der Waals surface area contributed by atoms with E-state index in [9.17, 15) is 18.4 Å². The molecule has 0 radical (unpaired) electrons. The van der Waals surface area contributed by atoms with Crippen LogP contribution in [-0.4, -0.2) is 28.4 Å². The number of halogens is 2. The van der Waals surface area contributed by atoms with Crippen molar-refractivity contribution in [3.8, 4) is 0 Å². The summed E-state index contributed by atoms with van der Waals surface area (Å²) in [5, 5.41) is 8.71. The molecule has 1 aromatic rings. The van der Waals surface area contributed by atoms with Crippen molar-refractivity contribution >= 4 is 11.9 Å². The van der Waals surface area contributed by atoms with E-state index in [4.69, 9.17) is 5.11 Å². The molecule has 21 heavy (non-hydrogen) atoms. The summed E-state index contributed by atoms with van der Waals surface area (Å²) in [5.41, 5.74) is 1.17. The number of carbonyl (C=O) groups is 2. The van der Waals surface area contributed by atoms with Crippen LogP contribution in [0.5, 0.6) is 0 Å². The SMILES string of the molecule is CC(C)=CC(=O)N(CCC(=O)O)Cc1ccc(F)c(F)c1. The number of hydrogen-bond donors (Lipinski definition) is 1. The molecule has 6 heteroatoms. The summed E-state index contributed by atoms with van der Waals surface area (Å²) in [6.45, 7) is 3.50. The lowest BCUT2D eigenvalue weighted by molar-refractivity contribution is -0.138. The Morgan fingerprint density at radius 3 is 2.43 bits per heavy atom. The Labute approximate surface area is 121 Å². The smallest absolute Gasteiger partial charge is 0.305 e. The second kappa shape index (κ2) is 7.52. The topological polar surface area (TPSA) is 57.6 Å². The predicted molar refractivity (Wildman–Crippen MR) is 73.5 cm³/mol. The van der Waals surface area contributed by atoms with E-state index in [1.54, 1.807) is 13.8 Å². The Hall–Kier alpha value is -2.24. The van der Waals surface area contributed by atoms with Gasteiger partial charge in [0, 0.05) is 19.2 Å². The zero-order valence-electron chi connectivity index (χ0n) is 11.9. The average Bonchev–Trinajstić information content (AvgIpc) is 2.37. The van der Waals surface area contributed by atoms with Crippen molar-refractivity contribution in [3.63, 3.8) is 0 Å². The lowest BCUT2D eigenvalue weighted by Gasteiger charge is -2.21. The fourth-order valence-corrected chi connectivity index (χ4v) is 1.69. The molecule has 4 nitrogen and oxygen atoms in total. The molecular formula is C15H17F2NO3. The van der Waals surface area contributed by atoms with Crippen molar-refractivity contribution in [2.75, 3.05) is 6.54 Å². The van der Waals surface area contributed by atoms with E-state index in [-0.39, 0.29) is 25.4 Å². The summed E-state index contributed by atoms with van der Waals surface area (Å²) in [4.78, 5) is 23.9. The van der Waals surface area contributed by atoms with E-state index < -0.39 is 17.6 Å². The highest BCUT2D eigenvalue weighted by molar-refractivity contribution is 5.88. The molecule has 0 aliphatic carbocycles. The van der Waals surface area contributed by atoms with E-state index >= 15 is 0 Å². The van der Waals surface area contributed by atoms with Crippen LogP contribution in [0.25, 0.3) is 0 Å². The normalized spacial score (nSPS) is 10.1. The second-order valence-corrected chi connectivity index (χ2v) is 4.87. The van der Waals surface area contributed by atoms with Gasteiger partial charge in [0.1, 0.15) is 0 Å². The molecule has 0 aliphatic rings. The lowest BCUT2D eigenvalue weighted by Crippen LogP contribution is -2.31. The Morgan fingerprint density at radius 1 is 1.24 bits per heavy atom. The van der Waals surface area contributed by atoms with Crippen LogP contribution in [0.2, 0.25) is 0 Å². The minimum atomic E-state index is -1.03. The monoisotopic (exact) mass is 297 g/mol. The molecule has 0 saturated carbocycles. The molecule has 1 N–H and O–H groups in total. The van der Waals surface area contributed by atoms with Gasteiger partial charge in [-0.1, -0.05) is 11.6 Å². The maximum absolute atomic E-state index is 13.2. The maximum Gasteiger partial charge on any atom is 0.305 e. The van der Waals surface area contributed by atoms with E-state index in [2.05, 4.69) is 0 Å². The Balaban J connectivity index is 2.89. The first-order valence-corrected chi connectivity index (χ1v) is 6.39. The number of carbonyl (C=O) groups excluding carboxylic acids is 1. The van der Waals surface area contributed by atoms with Crippen molar-refractivity contribution in [3.05, 3.63) is 47.0 Å². The molecule has 0 heterocycles. The number of carboxylic acids is 1. The summed E-state index contributed by atoms with van der Waals surface area (Å²) in [6, 6.07) is 3.34. The maximum atomic E-state index is 13.2. The van der Waals surface area contributed by atoms with E-state index in [1.165, 1.54) is 17.0 Å². The fraction of sp³-hybridized carbons (Fsp3) is 0.333. The van der Waals surface area contributed by atoms with Gasteiger partial charge in [-0.25, -0.2) is 8.78 Å². The zero-order valence-corrected chi connectivity index (χ0v) is 11.9. The summed E-state index contributed by atoms with van der Waals surface area (Å²) in [6.07, 6.45) is 1.16. The Morgan fingerprint density at radius 2 is 1.90 bits per heavy atom. The first-order valence-electron chi connectivity index (χ1n) is 6.39. The molecule has 0 atom stereocenters. The standard InChI is InChI=1S/C15H17F2NO3/c1-10(2)7-14(19)18(6-5-15(20)21)9-11-3-4-12(16)13(17)8-11/h3-4,7-8H,5-6,9H2,1-2H3,(H,20,21). The number of aliphatic carboxylic acids is 1. The molecule has 0 spiro atoms. The quantitative estimate of drug-likeness (QED) is 0.821. The van der Waals surface area contributed by atoms with Gasteiger partial charge in [0.25, 0.3) is 0 Å². The molecular weight excluding hydrogens is 280 g/mol. The van der Waals surface area contributed by atoms with Crippen LogP contribution in [-0.2, 0) is 16.1 Å². The van der Waals surface area contributed by atoms with Gasteiger partial charge in [-0.15, -0.1) is 0 Å². The highest BCUT2D eigenvalue weighted by Crippen LogP contribution is 2.12. The zero-order chi connectivity index (χ0) is 16.0. The van der Waals surface area contributed by atoms with Crippen LogP contribution in [0.1, 0.15) is 25.8 Å². The van der Waals surface area contributed by atoms with Crippen LogP contribution in [0.4, 0.5) is 8.78 Å². The third kappa shape index (κ3) is 5.72. The van der Waals surface area contributed by atoms with Gasteiger partial charge in [0.2, 0.25) is 5.91 Å². The summed E-state index contributed by atoms with van der Waals surface area (Å²) in [7, 11) is 0. The van der Waals surface area contributed by atoms with Crippen LogP contribution >= 0.6 is 0 Å². The molecule has 1 aromatic carbocycles. The third-order valence-electron chi connectivity index (χ3n) is 2.68. The average molecular weight is 297 g/mol. The van der Waals surface area contributed by atoms with Gasteiger partial charge in [0.15, 0.2) is 11.6 Å². The number of rotatable bonds is 6. The molecule has 114 valence electrons. The minimum Gasteiger partial charge on any atom is -0.481 e. The summed E-state index contributed by atoms with van der Waals surface area (Å²) < 4.78 is 26.0. The molecule has 0 fully saturated rings. The number of allylic oxidation sites excluding steroid dienone is 1. The Kier molecular flexibility index (Phi) is 6.02. The first kappa shape index (κ1) is 16.8. The van der Waals surface area contributed by atoms with Gasteiger partial charge in [-0.05, 0) is 31.5 Å². The largest absolute Gasteiger partial charge is 0.481 e. The second-order valence-electron chi connectivity index (χ2n) is 4.87. The highest BCUT2D eigenvalue weighted by atomic mass is 19.2. The predicted octanol–water partition coefficient (Wildman–Crippen LogP) is 2.73. The highest BCUT2D eigenvalue weighted by Gasteiger charge is 2.14. The molecule has 1 amide bonds. The van der Waals surface area contributed by atoms with Gasteiger partial charge in [-0.3, -0.25) is 9.59 Å². The number of hydrogen-bond acceptors (Lipinski definition) is 2. The number of amides is 1. The third-order valence-corrected chi connectivity index (χ3v) is 2.68. The van der Waals surface area contributed by atoms with Crippen molar-refractivity contribution in [2.24, 2.45) is 0 Å². The van der Waals surface area contributed by atoms with Crippen LogP contribution < -0.4 is 0 Å². The fourth-order valence-electron chi connectivity index (χ4n) is 1.69. The number of benzene rings is 1. The number of nitrogens with zero attached hydrogens (tertiary/aromatic N) is 1. The summed E-state index contributed by atoms with van der Waals surface area (Å²) >= 11 is 0. The molecule has 0 aromatic heterocycles. The lowest BCUT2D eigenvalue weighted by atomic mass is 10.2. The Bertz CT molecular complexity index is 566. The van der Waals surface area contributed by atoms with Gasteiger partial charge in [-0.2, -0.15) is 0 Å². The van der Waals surface area contributed by atoms with E-state index in [0.29, 0.717) is 5.56 Å². The van der Waals surface area contributed by atoms with E-state index in [1.807, 2.05) is 0 Å². The van der Waals surface area contributed by atoms with Gasteiger partial charge < -0.3 is 10.0 Å². The van der Waals surface area contributed by atoms with Crippen molar-refractivity contribution in [1.29, 1.82) is 0 Å². The molecule has 0 aliphatic heterocycles. The van der Waals surface area contributed by atoms with Crippen LogP contribution in [0, 0.1) is 11.6 Å².